The Morgan fingerprint density at radius 1 is 0.418 bits per heavy atom. The standard InChI is InChI=1S/C25H26.C16H18.C11H10.C7H8.2C4H10/c1-6-20-12-15-21(16-13-20)22-14-11-19(3)24(17-22)25(4,5)23-10-8-7-9-18(23)2;1-4-5-6-15-13(3)8-9-14-11-12(2)7-10-16(14)15;1-9-6-7-10-4-2-3-5-11(10)8-9;1-7-5-3-2-4-6-7;2*1-3-4-2/h6-17H,1H2,2-5H3;5-11H,4H2,1-3H3;2-8H,1H3;2-6H,1H3;2*3-4H2,1-2H3/b;6-5-;;;;. The van der Waals surface area contributed by atoms with E-state index in [1.807, 2.05) is 24.3 Å². The van der Waals surface area contributed by atoms with Gasteiger partial charge in [0, 0.05) is 5.41 Å². The maximum absolute atomic E-state index is 3.83. The van der Waals surface area contributed by atoms with Crippen LogP contribution in [0.25, 0.3) is 44.8 Å². The lowest BCUT2D eigenvalue weighted by atomic mass is 9.74. The van der Waals surface area contributed by atoms with Gasteiger partial charge in [-0.15, -0.1) is 0 Å². The van der Waals surface area contributed by atoms with Gasteiger partial charge >= 0.3 is 0 Å². The summed E-state index contributed by atoms with van der Waals surface area (Å²) in [5.41, 5.74) is 15.7. The molecule has 0 aliphatic heterocycles. The molecule has 0 heterocycles. The molecule has 67 heavy (non-hydrogen) atoms. The zero-order chi connectivity index (χ0) is 49.2. The van der Waals surface area contributed by atoms with E-state index in [1.165, 1.54) is 108 Å². The third-order valence-electron chi connectivity index (χ3n) is 12.0. The Bertz CT molecular complexity index is 2680. The van der Waals surface area contributed by atoms with Gasteiger partial charge in [-0.2, -0.15) is 0 Å². The van der Waals surface area contributed by atoms with Crippen molar-refractivity contribution in [1.29, 1.82) is 0 Å². The second-order valence-corrected chi connectivity index (χ2v) is 18.1. The summed E-state index contributed by atoms with van der Waals surface area (Å²) in [5, 5.41) is 5.34. The number of hydrogen-bond donors (Lipinski definition) is 0. The van der Waals surface area contributed by atoms with Gasteiger partial charge in [0.05, 0.1) is 0 Å². The molecule has 0 spiro atoms. The van der Waals surface area contributed by atoms with E-state index in [9.17, 15) is 0 Å². The molecule has 0 amide bonds. The van der Waals surface area contributed by atoms with Crippen molar-refractivity contribution in [2.75, 3.05) is 0 Å². The highest BCUT2D eigenvalue weighted by Gasteiger charge is 2.26. The summed E-state index contributed by atoms with van der Waals surface area (Å²) in [4.78, 5) is 0. The van der Waals surface area contributed by atoms with E-state index in [0.717, 1.165) is 12.0 Å². The van der Waals surface area contributed by atoms with Gasteiger partial charge in [-0.1, -0.05) is 286 Å². The fourth-order valence-corrected chi connectivity index (χ4v) is 7.59. The number of rotatable bonds is 8. The second-order valence-electron chi connectivity index (χ2n) is 18.1. The molecule has 8 aromatic rings. The lowest BCUT2D eigenvalue weighted by Crippen LogP contribution is -2.21. The average Bonchev–Trinajstić information content (AvgIpc) is 3.35. The number of aryl methyl sites for hydroxylation is 6. The van der Waals surface area contributed by atoms with Crippen molar-refractivity contribution < 1.29 is 0 Å². The van der Waals surface area contributed by atoms with E-state index >= 15 is 0 Å². The lowest BCUT2D eigenvalue weighted by molar-refractivity contribution is 0.631. The van der Waals surface area contributed by atoms with Crippen LogP contribution < -0.4 is 0 Å². The summed E-state index contributed by atoms with van der Waals surface area (Å²) in [6.45, 7) is 32.3. The predicted molar refractivity (Wildman–Crippen MR) is 304 cm³/mol. The Morgan fingerprint density at radius 3 is 1.49 bits per heavy atom. The molecular formula is C67H82. The van der Waals surface area contributed by atoms with Gasteiger partial charge in [-0.3, -0.25) is 0 Å². The summed E-state index contributed by atoms with van der Waals surface area (Å²) in [6, 6.07) is 60.3. The van der Waals surface area contributed by atoms with Crippen molar-refractivity contribution in [2.45, 2.75) is 128 Å². The largest absolute Gasteiger partial charge is 0.0985 e. The zero-order valence-corrected chi connectivity index (χ0v) is 43.6. The first-order chi connectivity index (χ1) is 32.2. The molecule has 0 fully saturated rings. The van der Waals surface area contributed by atoms with Gasteiger partial charge in [-0.05, 0) is 120 Å². The molecule has 8 aromatic carbocycles. The van der Waals surface area contributed by atoms with E-state index in [2.05, 4.69) is 260 Å². The lowest BCUT2D eigenvalue weighted by Gasteiger charge is -2.30. The van der Waals surface area contributed by atoms with Crippen LogP contribution in [-0.2, 0) is 5.41 Å². The molecule has 0 nitrogen and oxygen atoms in total. The molecule has 0 radical (unpaired) electrons. The monoisotopic (exact) mass is 887 g/mol. The minimum Gasteiger partial charge on any atom is -0.0985 e. The molecular weight excluding hydrogens is 805 g/mol. The van der Waals surface area contributed by atoms with E-state index in [0.29, 0.717) is 0 Å². The molecule has 0 aliphatic carbocycles. The summed E-state index contributed by atoms with van der Waals surface area (Å²) >= 11 is 0. The predicted octanol–water partition coefficient (Wildman–Crippen LogP) is 20.6. The third kappa shape index (κ3) is 17.8. The van der Waals surface area contributed by atoms with Crippen LogP contribution in [-0.4, -0.2) is 0 Å². The first kappa shape index (κ1) is 55.1. The quantitative estimate of drug-likeness (QED) is 0.143. The van der Waals surface area contributed by atoms with Crippen molar-refractivity contribution in [3.63, 3.8) is 0 Å². The van der Waals surface area contributed by atoms with Gasteiger partial charge in [0.1, 0.15) is 0 Å². The first-order valence-corrected chi connectivity index (χ1v) is 24.8. The minimum atomic E-state index is -0.0352. The topological polar surface area (TPSA) is 0 Å². The normalized spacial score (nSPS) is 10.5. The van der Waals surface area contributed by atoms with Gasteiger partial charge in [0.2, 0.25) is 0 Å². The van der Waals surface area contributed by atoms with Crippen LogP contribution in [0.5, 0.6) is 0 Å². The van der Waals surface area contributed by atoms with Crippen LogP contribution in [0.2, 0.25) is 0 Å². The molecule has 350 valence electrons. The summed E-state index contributed by atoms with van der Waals surface area (Å²) in [6.07, 6.45) is 12.7. The molecule has 0 bridgehead atoms. The van der Waals surface area contributed by atoms with Gasteiger partial charge in [0.25, 0.3) is 0 Å². The van der Waals surface area contributed by atoms with Gasteiger partial charge in [-0.25, -0.2) is 0 Å². The van der Waals surface area contributed by atoms with Crippen LogP contribution in [0.4, 0.5) is 0 Å². The van der Waals surface area contributed by atoms with Crippen molar-refractivity contribution in [2.24, 2.45) is 0 Å². The van der Waals surface area contributed by atoms with Crippen molar-refractivity contribution in [1.82, 2.24) is 0 Å². The molecule has 0 atom stereocenters. The van der Waals surface area contributed by atoms with E-state index in [4.69, 9.17) is 0 Å². The van der Waals surface area contributed by atoms with Crippen LogP contribution in [0.15, 0.2) is 183 Å². The molecule has 0 N–H and O–H groups in total. The highest BCUT2D eigenvalue weighted by atomic mass is 14.3. The Kier molecular flexibility index (Phi) is 24.2. The van der Waals surface area contributed by atoms with Crippen LogP contribution in [0.3, 0.4) is 0 Å². The molecule has 8 rings (SSSR count). The Balaban J connectivity index is 0.000000242. The number of hydrogen-bond acceptors (Lipinski definition) is 0. The van der Waals surface area contributed by atoms with Crippen LogP contribution in [0.1, 0.15) is 136 Å². The summed E-state index contributed by atoms with van der Waals surface area (Å²) in [5.74, 6) is 0. The smallest absolute Gasteiger partial charge is 0.0152 e. The van der Waals surface area contributed by atoms with Crippen LogP contribution >= 0.6 is 0 Å². The Labute approximate surface area is 408 Å². The van der Waals surface area contributed by atoms with E-state index < -0.39 is 0 Å². The fourth-order valence-electron chi connectivity index (χ4n) is 7.59. The molecule has 0 aliphatic rings. The summed E-state index contributed by atoms with van der Waals surface area (Å²) < 4.78 is 0. The number of benzene rings is 8. The summed E-state index contributed by atoms with van der Waals surface area (Å²) in [7, 11) is 0. The molecule has 0 saturated heterocycles. The van der Waals surface area contributed by atoms with Crippen molar-refractivity contribution in [3.05, 3.63) is 238 Å². The van der Waals surface area contributed by atoms with Gasteiger partial charge < -0.3 is 0 Å². The first-order valence-electron chi connectivity index (χ1n) is 24.8. The molecule has 0 saturated carbocycles. The minimum absolute atomic E-state index is 0.0352. The van der Waals surface area contributed by atoms with E-state index in [-0.39, 0.29) is 5.41 Å². The highest BCUT2D eigenvalue weighted by molar-refractivity contribution is 5.92. The second kappa shape index (κ2) is 29.4. The maximum atomic E-state index is 3.83. The number of unbranched alkanes of at least 4 members (excludes halogenated alkanes) is 2. The maximum Gasteiger partial charge on any atom is 0.0152 e. The highest BCUT2D eigenvalue weighted by Crippen LogP contribution is 2.37. The fraction of sp³-hybridized carbons (Fsp3) is 0.284. The zero-order valence-electron chi connectivity index (χ0n) is 43.6. The average molecular weight is 887 g/mol. The van der Waals surface area contributed by atoms with Gasteiger partial charge in [0.15, 0.2) is 0 Å². The van der Waals surface area contributed by atoms with Crippen molar-refractivity contribution in [3.8, 4) is 11.1 Å². The molecule has 0 unspecified atom stereocenters. The van der Waals surface area contributed by atoms with Crippen molar-refractivity contribution >= 4 is 33.7 Å². The SMILES string of the molecule is C=Cc1ccc(-c2ccc(C)c(C(C)(C)c3ccccc3C)c2)cc1.CC/C=C\c1c(C)ccc2cc(C)ccc12.CCCC.CCCC.Cc1ccc2ccccc2c1.Cc1ccccc1. The number of fused-ring (bicyclic) bond motifs is 2. The number of allylic oxidation sites excluding steroid dienone is 1. The third-order valence-corrected chi connectivity index (χ3v) is 12.0. The molecule has 0 aromatic heterocycles. The van der Waals surface area contributed by atoms with E-state index in [1.54, 1.807) is 0 Å². The molecule has 0 heteroatoms. The Morgan fingerprint density at radius 2 is 0.925 bits per heavy atom. The van der Waals surface area contributed by atoms with Crippen LogP contribution in [0, 0.1) is 41.5 Å². The Hall–Kier alpha value is -6.24.